The zero-order chi connectivity index (χ0) is 20.2. The van der Waals surface area contributed by atoms with Gasteiger partial charge >= 0.3 is 0 Å². The maximum atomic E-state index is 12.8. The molecule has 0 bridgehead atoms. The highest BCUT2D eigenvalue weighted by Crippen LogP contribution is 2.27. The van der Waals surface area contributed by atoms with E-state index in [9.17, 15) is 9.59 Å². The fraction of sp³-hybridized carbons (Fsp3) is 0.417. The lowest BCUT2D eigenvalue weighted by atomic mass is 10.1. The van der Waals surface area contributed by atoms with Crippen molar-refractivity contribution in [3.63, 3.8) is 0 Å². The molecule has 2 aromatic rings. The molecule has 4 rings (SSSR count). The molecule has 152 valence electrons. The van der Waals surface area contributed by atoms with Crippen LogP contribution < -0.4 is 4.90 Å². The minimum Gasteiger partial charge on any atom is -0.337 e. The topological polar surface area (TPSA) is 43.9 Å². The molecular weight excluding hydrogens is 362 g/mol. The van der Waals surface area contributed by atoms with Crippen LogP contribution in [0.4, 0.5) is 5.69 Å². The smallest absolute Gasteiger partial charge is 0.253 e. The summed E-state index contributed by atoms with van der Waals surface area (Å²) in [6.45, 7) is 6.80. The lowest BCUT2D eigenvalue weighted by molar-refractivity contribution is -0.118. The van der Waals surface area contributed by atoms with Crippen molar-refractivity contribution in [3.8, 4) is 0 Å². The molecule has 0 unspecified atom stereocenters. The molecule has 2 aliphatic heterocycles. The molecule has 2 amide bonds. The van der Waals surface area contributed by atoms with Gasteiger partial charge in [0.1, 0.15) is 0 Å². The van der Waals surface area contributed by atoms with Crippen molar-refractivity contribution < 1.29 is 9.59 Å². The maximum Gasteiger partial charge on any atom is 0.253 e. The van der Waals surface area contributed by atoms with Crippen LogP contribution in [0.2, 0.25) is 0 Å². The Bertz CT molecular complexity index is 895. The molecule has 2 aliphatic rings. The van der Waals surface area contributed by atoms with E-state index in [2.05, 4.69) is 11.0 Å². The number of carbonyl (C=O) groups is 2. The second-order valence-electron chi connectivity index (χ2n) is 8.03. The number of nitrogens with zero attached hydrogens (tertiary/aromatic N) is 3. The molecule has 5 heteroatoms. The van der Waals surface area contributed by atoms with E-state index in [4.69, 9.17) is 0 Å². The SMILES string of the molecule is Cc1cccc(C(=O)N2CCCN(CCC(=O)N3CCc4ccccc43)CC2)c1. The Morgan fingerprint density at radius 1 is 0.931 bits per heavy atom. The summed E-state index contributed by atoms with van der Waals surface area (Å²) in [4.78, 5) is 31.8. The van der Waals surface area contributed by atoms with Gasteiger partial charge in [0.15, 0.2) is 0 Å². The second-order valence-corrected chi connectivity index (χ2v) is 8.03. The molecule has 1 fully saturated rings. The Morgan fingerprint density at radius 2 is 1.79 bits per heavy atom. The Kier molecular flexibility index (Phi) is 5.95. The third-order valence-electron chi connectivity index (χ3n) is 5.97. The predicted octanol–water partition coefficient (Wildman–Crippen LogP) is 3.12. The summed E-state index contributed by atoms with van der Waals surface area (Å²) in [5.41, 5.74) is 4.21. The fourth-order valence-corrected chi connectivity index (χ4v) is 4.34. The van der Waals surface area contributed by atoms with Gasteiger partial charge in [-0.05, 0) is 50.1 Å². The van der Waals surface area contributed by atoms with E-state index in [-0.39, 0.29) is 11.8 Å². The van der Waals surface area contributed by atoms with Crippen molar-refractivity contribution in [1.29, 1.82) is 0 Å². The first kappa shape index (κ1) is 19.6. The van der Waals surface area contributed by atoms with E-state index >= 15 is 0 Å². The molecule has 29 heavy (non-hydrogen) atoms. The van der Waals surface area contributed by atoms with Crippen molar-refractivity contribution >= 4 is 17.5 Å². The fourth-order valence-electron chi connectivity index (χ4n) is 4.34. The molecule has 0 aliphatic carbocycles. The van der Waals surface area contributed by atoms with E-state index in [0.717, 1.165) is 62.4 Å². The lowest BCUT2D eigenvalue weighted by Gasteiger charge is -2.23. The zero-order valence-corrected chi connectivity index (χ0v) is 17.1. The molecule has 0 spiro atoms. The van der Waals surface area contributed by atoms with Gasteiger partial charge in [-0.3, -0.25) is 9.59 Å². The first-order valence-corrected chi connectivity index (χ1v) is 10.6. The van der Waals surface area contributed by atoms with Gasteiger partial charge in [0.25, 0.3) is 5.91 Å². The van der Waals surface area contributed by atoms with Crippen LogP contribution in [-0.2, 0) is 11.2 Å². The monoisotopic (exact) mass is 391 g/mol. The van der Waals surface area contributed by atoms with Crippen molar-refractivity contribution in [2.24, 2.45) is 0 Å². The molecule has 0 aromatic heterocycles. The van der Waals surface area contributed by atoms with Gasteiger partial charge < -0.3 is 14.7 Å². The van der Waals surface area contributed by atoms with Crippen LogP contribution >= 0.6 is 0 Å². The molecule has 0 atom stereocenters. The molecule has 0 N–H and O–H groups in total. The number of para-hydroxylation sites is 1. The summed E-state index contributed by atoms with van der Waals surface area (Å²) >= 11 is 0. The average Bonchev–Trinajstić information content (AvgIpc) is 3.03. The highest BCUT2D eigenvalue weighted by atomic mass is 16.2. The third-order valence-corrected chi connectivity index (χ3v) is 5.97. The Balaban J connectivity index is 1.29. The molecule has 5 nitrogen and oxygen atoms in total. The standard InChI is InChI=1S/C24H29N3O2/c1-19-6-4-8-21(18-19)24(29)26-13-5-12-25(16-17-26)14-11-23(28)27-15-10-20-7-2-3-9-22(20)27/h2-4,6-9,18H,5,10-17H2,1H3. The van der Waals surface area contributed by atoms with Crippen LogP contribution in [0.1, 0.15) is 34.3 Å². The summed E-state index contributed by atoms with van der Waals surface area (Å²) in [6.07, 6.45) is 2.42. The highest BCUT2D eigenvalue weighted by molar-refractivity contribution is 5.95. The molecule has 0 radical (unpaired) electrons. The number of amides is 2. The zero-order valence-electron chi connectivity index (χ0n) is 17.1. The van der Waals surface area contributed by atoms with Crippen molar-refractivity contribution in [1.82, 2.24) is 9.80 Å². The van der Waals surface area contributed by atoms with Crippen LogP contribution in [0, 0.1) is 6.92 Å². The maximum absolute atomic E-state index is 12.8. The van der Waals surface area contributed by atoms with Crippen LogP contribution in [0.15, 0.2) is 48.5 Å². The first-order valence-electron chi connectivity index (χ1n) is 10.6. The van der Waals surface area contributed by atoms with E-state index in [0.29, 0.717) is 13.0 Å². The summed E-state index contributed by atoms with van der Waals surface area (Å²) < 4.78 is 0. The number of aryl methyl sites for hydroxylation is 1. The van der Waals surface area contributed by atoms with Crippen molar-refractivity contribution in [2.45, 2.75) is 26.2 Å². The van der Waals surface area contributed by atoms with Gasteiger partial charge in [0.2, 0.25) is 5.91 Å². The number of carbonyl (C=O) groups excluding carboxylic acids is 2. The van der Waals surface area contributed by atoms with Crippen LogP contribution in [-0.4, -0.2) is 60.9 Å². The molecule has 1 saturated heterocycles. The van der Waals surface area contributed by atoms with Crippen LogP contribution in [0.25, 0.3) is 0 Å². The lowest BCUT2D eigenvalue weighted by Crippen LogP contribution is -2.37. The minimum atomic E-state index is 0.111. The van der Waals surface area contributed by atoms with Gasteiger partial charge in [-0.25, -0.2) is 0 Å². The quantitative estimate of drug-likeness (QED) is 0.804. The number of benzene rings is 2. The summed E-state index contributed by atoms with van der Waals surface area (Å²) in [5.74, 6) is 0.312. The summed E-state index contributed by atoms with van der Waals surface area (Å²) in [7, 11) is 0. The minimum absolute atomic E-state index is 0.111. The van der Waals surface area contributed by atoms with Crippen LogP contribution in [0.3, 0.4) is 0 Å². The van der Waals surface area contributed by atoms with Crippen LogP contribution in [0.5, 0.6) is 0 Å². The second kappa shape index (κ2) is 8.78. The third kappa shape index (κ3) is 4.51. The van der Waals surface area contributed by atoms with Gasteiger partial charge in [-0.1, -0.05) is 35.9 Å². The number of fused-ring (bicyclic) bond motifs is 1. The number of rotatable bonds is 4. The van der Waals surface area contributed by atoms with Crippen molar-refractivity contribution in [3.05, 3.63) is 65.2 Å². The number of hydrogen-bond acceptors (Lipinski definition) is 3. The van der Waals surface area contributed by atoms with E-state index in [1.54, 1.807) is 0 Å². The predicted molar refractivity (Wildman–Crippen MR) is 115 cm³/mol. The number of anilines is 1. The molecular formula is C24H29N3O2. The van der Waals surface area contributed by atoms with E-state index in [1.165, 1.54) is 5.56 Å². The molecule has 0 saturated carbocycles. The average molecular weight is 392 g/mol. The highest BCUT2D eigenvalue weighted by Gasteiger charge is 2.25. The Labute approximate surface area is 172 Å². The first-order chi connectivity index (χ1) is 14.1. The van der Waals surface area contributed by atoms with Crippen molar-refractivity contribution in [2.75, 3.05) is 44.2 Å². The van der Waals surface area contributed by atoms with Gasteiger partial charge in [0, 0.05) is 50.4 Å². The van der Waals surface area contributed by atoms with Gasteiger partial charge in [-0.15, -0.1) is 0 Å². The normalized spacial score (nSPS) is 17.1. The van der Waals surface area contributed by atoms with E-state index < -0.39 is 0 Å². The molecule has 2 heterocycles. The Morgan fingerprint density at radius 3 is 2.66 bits per heavy atom. The van der Waals surface area contributed by atoms with Gasteiger partial charge in [0.05, 0.1) is 0 Å². The summed E-state index contributed by atoms with van der Waals surface area (Å²) in [6, 6.07) is 16.0. The summed E-state index contributed by atoms with van der Waals surface area (Å²) in [5, 5.41) is 0. The largest absolute Gasteiger partial charge is 0.337 e. The Hall–Kier alpha value is -2.66. The molecule has 2 aromatic carbocycles. The number of hydrogen-bond donors (Lipinski definition) is 0. The van der Waals surface area contributed by atoms with Gasteiger partial charge in [-0.2, -0.15) is 0 Å². The van der Waals surface area contributed by atoms with E-state index in [1.807, 2.05) is 59.2 Å².